The molecular formula is C17H21Cl2NOS. The molecule has 0 aliphatic carbocycles. The molecule has 3 atom stereocenters. The van der Waals surface area contributed by atoms with Gasteiger partial charge in [0, 0.05) is 22.1 Å². The van der Waals surface area contributed by atoms with E-state index in [1.165, 1.54) is 36.1 Å². The summed E-state index contributed by atoms with van der Waals surface area (Å²) < 4.78 is 0. The topological polar surface area (TPSA) is 21.3 Å². The Morgan fingerprint density at radius 3 is 2.82 bits per heavy atom. The molecule has 1 aromatic rings. The molecule has 0 saturated carbocycles. The van der Waals surface area contributed by atoms with Crippen LogP contribution in [0, 0.1) is 0 Å². The van der Waals surface area contributed by atoms with Crippen molar-refractivity contribution in [2.24, 2.45) is 0 Å². The van der Waals surface area contributed by atoms with E-state index in [4.69, 9.17) is 28.0 Å². The molecule has 2 fully saturated rings. The minimum atomic E-state index is 0.408. The number of hydrogen-bond donors (Lipinski definition) is 1. The fraction of sp³-hybridized carbons (Fsp3) is 0.529. The summed E-state index contributed by atoms with van der Waals surface area (Å²) in [4.78, 5) is 5.22. The van der Waals surface area contributed by atoms with Crippen molar-refractivity contribution in [3.63, 3.8) is 0 Å². The third kappa shape index (κ3) is 3.14. The Labute approximate surface area is 146 Å². The van der Waals surface area contributed by atoms with Crippen LogP contribution in [0.25, 0.3) is 0 Å². The van der Waals surface area contributed by atoms with Crippen LogP contribution in [0.15, 0.2) is 29.5 Å². The van der Waals surface area contributed by atoms with E-state index < -0.39 is 0 Å². The smallest absolute Gasteiger partial charge is 0.0636 e. The van der Waals surface area contributed by atoms with Gasteiger partial charge in [-0.25, -0.2) is 0 Å². The number of rotatable bonds is 4. The van der Waals surface area contributed by atoms with Crippen molar-refractivity contribution < 1.29 is 4.84 Å². The number of thioether (sulfide) groups is 1. The largest absolute Gasteiger partial charge is 0.280 e. The van der Waals surface area contributed by atoms with Gasteiger partial charge < -0.3 is 0 Å². The van der Waals surface area contributed by atoms with Crippen molar-refractivity contribution in [1.82, 2.24) is 5.48 Å². The van der Waals surface area contributed by atoms with Gasteiger partial charge in [0.25, 0.3) is 0 Å². The van der Waals surface area contributed by atoms with Gasteiger partial charge in [0.2, 0.25) is 0 Å². The van der Waals surface area contributed by atoms with Crippen molar-refractivity contribution >= 4 is 35.0 Å². The summed E-state index contributed by atoms with van der Waals surface area (Å²) in [5.41, 5.74) is 7.09. The highest BCUT2D eigenvalue weighted by Gasteiger charge is 2.40. The maximum Gasteiger partial charge on any atom is 0.0636 e. The fourth-order valence-corrected chi connectivity index (χ4v) is 5.70. The highest BCUT2D eigenvalue weighted by molar-refractivity contribution is 8.01. The van der Waals surface area contributed by atoms with E-state index in [-0.39, 0.29) is 0 Å². The van der Waals surface area contributed by atoms with Gasteiger partial charge in [-0.3, -0.25) is 10.3 Å². The predicted octanol–water partition coefficient (Wildman–Crippen LogP) is 5.56. The Morgan fingerprint density at radius 1 is 1.32 bits per heavy atom. The molecule has 2 bridgehead atoms. The molecule has 120 valence electrons. The summed E-state index contributed by atoms with van der Waals surface area (Å²) in [5.74, 6) is 0.408. The third-order valence-corrected chi connectivity index (χ3v) is 6.97. The fourth-order valence-electron chi connectivity index (χ4n) is 3.63. The van der Waals surface area contributed by atoms with Crippen LogP contribution in [0.5, 0.6) is 0 Å². The van der Waals surface area contributed by atoms with Crippen molar-refractivity contribution in [3.8, 4) is 0 Å². The zero-order chi connectivity index (χ0) is 15.7. The number of nitrogens with one attached hydrogen (secondary N) is 1. The van der Waals surface area contributed by atoms with Crippen molar-refractivity contribution in [2.75, 3.05) is 7.11 Å². The molecule has 1 unspecified atom stereocenters. The Morgan fingerprint density at radius 2 is 2.14 bits per heavy atom. The molecule has 3 rings (SSSR count). The van der Waals surface area contributed by atoms with E-state index in [0.29, 0.717) is 21.2 Å². The molecule has 2 aliphatic heterocycles. The van der Waals surface area contributed by atoms with E-state index >= 15 is 0 Å². The second kappa shape index (κ2) is 7.04. The molecular weight excluding hydrogens is 337 g/mol. The van der Waals surface area contributed by atoms with Gasteiger partial charge >= 0.3 is 0 Å². The molecule has 1 aromatic carbocycles. The second-order valence-electron chi connectivity index (χ2n) is 5.88. The zero-order valence-electron chi connectivity index (χ0n) is 12.9. The Kier molecular flexibility index (Phi) is 5.28. The number of allylic oxidation sites excluding steroid dienone is 1. The van der Waals surface area contributed by atoms with Crippen LogP contribution in [0.4, 0.5) is 0 Å². The summed E-state index contributed by atoms with van der Waals surface area (Å²) in [6, 6.07) is 6.06. The van der Waals surface area contributed by atoms with Crippen LogP contribution < -0.4 is 5.48 Å². The number of hydroxylamine groups is 1. The third-order valence-electron chi connectivity index (χ3n) is 4.60. The average molecular weight is 358 g/mol. The lowest BCUT2D eigenvalue weighted by atomic mass is 9.85. The highest BCUT2D eigenvalue weighted by atomic mass is 35.5. The summed E-state index contributed by atoms with van der Waals surface area (Å²) in [5, 5.41) is 2.61. The highest BCUT2D eigenvalue weighted by Crippen LogP contribution is 2.53. The van der Waals surface area contributed by atoms with Crippen molar-refractivity contribution in [1.29, 1.82) is 0 Å². The summed E-state index contributed by atoms with van der Waals surface area (Å²) >= 11 is 14.5. The minimum absolute atomic E-state index is 0.408. The zero-order valence-corrected chi connectivity index (χ0v) is 15.2. The van der Waals surface area contributed by atoms with Gasteiger partial charge in [0.15, 0.2) is 0 Å². The Bertz CT molecular complexity index is 590. The van der Waals surface area contributed by atoms with Crippen LogP contribution in [0.3, 0.4) is 0 Å². The molecule has 0 aromatic heterocycles. The summed E-state index contributed by atoms with van der Waals surface area (Å²) in [6.45, 7) is 2.17. The molecule has 22 heavy (non-hydrogen) atoms. The summed E-state index contributed by atoms with van der Waals surface area (Å²) in [7, 11) is 1.68. The molecule has 2 aliphatic rings. The maximum atomic E-state index is 6.25. The van der Waals surface area contributed by atoms with Crippen LogP contribution >= 0.6 is 35.0 Å². The molecule has 2 heterocycles. The lowest BCUT2D eigenvalue weighted by Crippen LogP contribution is -2.25. The van der Waals surface area contributed by atoms with Crippen LogP contribution in [-0.4, -0.2) is 17.6 Å². The van der Waals surface area contributed by atoms with Gasteiger partial charge in [-0.05, 0) is 49.0 Å². The summed E-state index contributed by atoms with van der Waals surface area (Å²) in [6.07, 6.45) is 4.68. The van der Waals surface area contributed by atoms with E-state index in [2.05, 4.69) is 30.2 Å². The van der Waals surface area contributed by atoms with Gasteiger partial charge in [-0.15, -0.1) is 0 Å². The van der Waals surface area contributed by atoms with Crippen molar-refractivity contribution in [3.05, 3.63) is 45.1 Å². The number of fused-ring (bicyclic) bond motifs is 2. The molecule has 0 spiro atoms. The first-order valence-corrected chi connectivity index (χ1v) is 9.46. The SMILES string of the molecule is CCC(NOC)=C1[C@@H]2CCC(C[C@H]1c1ccc(Cl)c(Cl)c1)S2. The Balaban J connectivity index is 2.04. The van der Waals surface area contributed by atoms with Gasteiger partial charge in [0.05, 0.1) is 17.2 Å². The average Bonchev–Trinajstić information content (AvgIpc) is 2.90. The van der Waals surface area contributed by atoms with E-state index in [1.807, 2.05) is 12.1 Å². The quantitative estimate of drug-likeness (QED) is 0.712. The van der Waals surface area contributed by atoms with Crippen molar-refractivity contribution in [2.45, 2.75) is 49.0 Å². The molecule has 2 nitrogen and oxygen atoms in total. The molecule has 0 amide bonds. The molecule has 2 saturated heterocycles. The normalized spacial score (nSPS) is 29.5. The first kappa shape index (κ1) is 16.5. The predicted molar refractivity (Wildman–Crippen MR) is 95.7 cm³/mol. The first-order chi connectivity index (χ1) is 10.6. The van der Waals surface area contributed by atoms with Gasteiger partial charge in [-0.2, -0.15) is 11.8 Å². The van der Waals surface area contributed by atoms with E-state index in [0.717, 1.165) is 11.7 Å². The molecule has 5 heteroatoms. The van der Waals surface area contributed by atoms with Gasteiger partial charge in [0.1, 0.15) is 0 Å². The van der Waals surface area contributed by atoms with E-state index in [9.17, 15) is 0 Å². The monoisotopic (exact) mass is 357 g/mol. The lowest BCUT2D eigenvalue weighted by molar-refractivity contribution is 0.114. The Hall–Kier alpha value is -0.350. The molecule has 1 N–H and O–H groups in total. The van der Waals surface area contributed by atoms with Crippen LogP contribution in [-0.2, 0) is 4.84 Å². The number of benzene rings is 1. The van der Waals surface area contributed by atoms with Crippen LogP contribution in [0.1, 0.15) is 44.1 Å². The van der Waals surface area contributed by atoms with E-state index in [1.54, 1.807) is 7.11 Å². The molecule has 0 radical (unpaired) electrons. The standard InChI is InChI=1S/C17H21Cl2NOS/c1-3-15(20-21-2)17-12(9-11-5-7-16(17)22-11)10-4-6-13(18)14(19)8-10/h4,6,8,11-12,16,20H,3,5,7,9H2,1-2H3/t11?,12-,16-/m0/s1. The number of hydrogen-bond acceptors (Lipinski definition) is 3. The van der Waals surface area contributed by atoms with Crippen LogP contribution in [0.2, 0.25) is 10.0 Å². The minimum Gasteiger partial charge on any atom is -0.280 e. The van der Waals surface area contributed by atoms with Gasteiger partial charge in [-0.1, -0.05) is 36.2 Å². The second-order valence-corrected chi connectivity index (χ2v) is 8.20. The number of halogens is 2. The first-order valence-electron chi connectivity index (χ1n) is 7.76. The maximum absolute atomic E-state index is 6.25. The lowest BCUT2D eigenvalue weighted by Gasteiger charge is -2.33.